The summed E-state index contributed by atoms with van der Waals surface area (Å²) in [4.78, 5) is 4.45. The van der Waals surface area contributed by atoms with E-state index in [-0.39, 0.29) is 5.69 Å². The number of aromatic nitrogens is 2. The third-order valence-electron chi connectivity index (χ3n) is 2.26. The highest BCUT2D eigenvalue weighted by molar-refractivity contribution is 7.99. The number of benzene rings is 1. The molecule has 102 valence electrons. The van der Waals surface area contributed by atoms with E-state index in [0.29, 0.717) is 10.1 Å². The summed E-state index contributed by atoms with van der Waals surface area (Å²) >= 11 is 1.13. The molecule has 0 aliphatic carbocycles. The van der Waals surface area contributed by atoms with Gasteiger partial charge >= 0.3 is 6.61 Å². The van der Waals surface area contributed by atoms with Gasteiger partial charge in [-0.05, 0) is 17.8 Å². The number of rotatable bonds is 4. The minimum atomic E-state index is -3.09. The lowest BCUT2D eigenvalue weighted by molar-refractivity contribution is -0.0523. The Morgan fingerprint density at radius 1 is 1.42 bits per heavy atom. The van der Waals surface area contributed by atoms with Crippen molar-refractivity contribution >= 4 is 17.4 Å². The SMILES string of the molecule is Cn1ccnc1Sc1cc(OC(F)F)c(F)cc1N. The van der Waals surface area contributed by atoms with Gasteiger partial charge in [0.15, 0.2) is 16.7 Å². The first-order chi connectivity index (χ1) is 8.97. The van der Waals surface area contributed by atoms with Gasteiger partial charge in [-0.25, -0.2) is 9.37 Å². The maximum absolute atomic E-state index is 13.4. The maximum Gasteiger partial charge on any atom is 0.387 e. The zero-order chi connectivity index (χ0) is 14.0. The van der Waals surface area contributed by atoms with Gasteiger partial charge in [-0.3, -0.25) is 0 Å². The Kier molecular flexibility index (Phi) is 3.89. The van der Waals surface area contributed by atoms with E-state index in [2.05, 4.69) is 9.72 Å². The van der Waals surface area contributed by atoms with Gasteiger partial charge in [0.2, 0.25) is 0 Å². The molecule has 0 amide bonds. The predicted octanol–water partition coefficient (Wildman–Crippen LogP) is 2.89. The fraction of sp³-hybridized carbons (Fsp3) is 0.182. The normalized spacial score (nSPS) is 11.0. The van der Waals surface area contributed by atoms with Crippen molar-refractivity contribution in [2.75, 3.05) is 5.73 Å². The van der Waals surface area contributed by atoms with Crippen LogP contribution in [0.1, 0.15) is 0 Å². The fourth-order valence-corrected chi connectivity index (χ4v) is 2.23. The van der Waals surface area contributed by atoms with Crippen LogP contribution in [-0.4, -0.2) is 16.2 Å². The van der Waals surface area contributed by atoms with Gasteiger partial charge in [-0.1, -0.05) is 0 Å². The predicted molar refractivity (Wildman–Crippen MR) is 64.8 cm³/mol. The Morgan fingerprint density at radius 3 is 2.74 bits per heavy atom. The van der Waals surface area contributed by atoms with Gasteiger partial charge in [-0.15, -0.1) is 0 Å². The number of aryl methyl sites for hydroxylation is 1. The van der Waals surface area contributed by atoms with Crippen LogP contribution in [0.3, 0.4) is 0 Å². The summed E-state index contributed by atoms with van der Waals surface area (Å²) in [6.07, 6.45) is 3.30. The van der Waals surface area contributed by atoms with Gasteiger partial charge in [-0.2, -0.15) is 8.78 Å². The van der Waals surface area contributed by atoms with Gasteiger partial charge < -0.3 is 15.0 Å². The molecule has 2 rings (SSSR count). The summed E-state index contributed by atoms with van der Waals surface area (Å²) in [5.74, 6) is -1.47. The molecule has 0 unspecified atom stereocenters. The number of nitrogens with two attached hydrogens (primary N) is 1. The van der Waals surface area contributed by atoms with E-state index in [1.165, 1.54) is 0 Å². The number of nitrogen functional groups attached to an aromatic ring is 1. The quantitative estimate of drug-likeness (QED) is 0.879. The second-order valence-electron chi connectivity index (χ2n) is 3.62. The van der Waals surface area contributed by atoms with Crippen LogP contribution in [0.5, 0.6) is 5.75 Å². The standard InChI is InChI=1S/C11H10F3N3OS/c1-17-3-2-16-11(17)19-9-5-8(18-10(13)14)6(12)4-7(9)15/h2-5,10H,15H2,1H3. The van der Waals surface area contributed by atoms with Crippen molar-refractivity contribution in [1.82, 2.24) is 9.55 Å². The number of hydrogen-bond donors (Lipinski definition) is 1. The van der Waals surface area contributed by atoms with Crippen molar-refractivity contribution in [3.63, 3.8) is 0 Å². The van der Waals surface area contributed by atoms with E-state index < -0.39 is 18.2 Å². The van der Waals surface area contributed by atoms with Crippen LogP contribution in [0.4, 0.5) is 18.9 Å². The van der Waals surface area contributed by atoms with E-state index in [1.807, 2.05) is 0 Å². The highest BCUT2D eigenvalue weighted by Gasteiger charge is 2.15. The second-order valence-corrected chi connectivity index (χ2v) is 4.63. The summed E-state index contributed by atoms with van der Waals surface area (Å²) in [5.41, 5.74) is 5.78. The van der Waals surface area contributed by atoms with E-state index >= 15 is 0 Å². The molecule has 4 nitrogen and oxygen atoms in total. The summed E-state index contributed by atoms with van der Waals surface area (Å²) in [5, 5.41) is 0.598. The molecule has 0 aliphatic rings. The minimum Gasteiger partial charge on any atom is -0.432 e. The second kappa shape index (κ2) is 5.43. The Balaban J connectivity index is 2.32. The van der Waals surface area contributed by atoms with Crippen molar-refractivity contribution in [1.29, 1.82) is 0 Å². The average Bonchev–Trinajstić information content (AvgIpc) is 2.70. The molecule has 0 bridgehead atoms. The first-order valence-corrected chi connectivity index (χ1v) is 5.98. The highest BCUT2D eigenvalue weighted by Crippen LogP contribution is 2.35. The molecule has 0 saturated heterocycles. The molecular formula is C11H10F3N3OS. The largest absolute Gasteiger partial charge is 0.432 e. The molecule has 0 radical (unpaired) electrons. The zero-order valence-electron chi connectivity index (χ0n) is 9.81. The number of nitrogens with zero attached hydrogens (tertiary/aromatic N) is 2. The van der Waals surface area contributed by atoms with E-state index in [9.17, 15) is 13.2 Å². The molecule has 2 N–H and O–H groups in total. The van der Waals surface area contributed by atoms with Crippen molar-refractivity contribution in [3.8, 4) is 5.75 Å². The van der Waals surface area contributed by atoms with Crippen LogP contribution < -0.4 is 10.5 Å². The van der Waals surface area contributed by atoms with E-state index in [4.69, 9.17) is 5.73 Å². The fourth-order valence-electron chi connectivity index (χ4n) is 1.37. The lowest BCUT2D eigenvalue weighted by atomic mass is 10.3. The van der Waals surface area contributed by atoms with Crippen LogP contribution >= 0.6 is 11.8 Å². The first kappa shape index (κ1) is 13.6. The Bertz CT molecular complexity index is 589. The van der Waals surface area contributed by atoms with Gasteiger partial charge in [0, 0.05) is 36.1 Å². The molecule has 0 aliphatic heterocycles. The van der Waals surface area contributed by atoms with Crippen molar-refractivity contribution < 1.29 is 17.9 Å². The molecule has 0 saturated carbocycles. The molecule has 8 heteroatoms. The molecular weight excluding hydrogens is 279 g/mol. The number of ether oxygens (including phenoxy) is 1. The molecule has 0 atom stereocenters. The third-order valence-corrected chi connectivity index (χ3v) is 3.41. The highest BCUT2D eigenvalue weighted by atomic mass is 32.2. The Hall–Kier alpha value is -1.83. The number of alkyl halides is 2. The molecule has 0 fully saturated rings. The van der Waals surface area contributed by atoms with Gasteiger partial charge in [0.25, 0.3) is 0 Å². The van der Waals surface area contributed by atoms with Crippen molar-refractivity contribution in [3.05, 3.63) is 30.3 Å². The number of hydrogen-bond acceptors (Lipinski definition) is 4. The number of imidazole rings is 1. The minimum absolute atomic E-state index is 0.132. The van der Waals surface area contributed by atoms with Gasteiger partial charge in [0.1, 0.15) is 0 Å². The van der Waals surface area contributed by atoms with Gasteiger partial charge in [0.05, 0.1) is 0 Å². The van der Waals surface area contributed by atoms with Crippen LogP contribution in [0.2, 0.25) is 0 Å². The third kappa shape index (κ3) is 3.14. The van der Waals surface area contributed by atoms with E-state index in [1.54, 1.807) is 24.0 Å². The van der Waals surface area contributed by atoms with Crippen LogP contribution in [-0.2, 0) is 7.05 Å². The maximum atomic E-state index is 13.4. The van der Waals surface area contributed by atoms with E-state index in [0.717, 1.165) is 23.9 Å². The Morgan fingerprint density at radius 2 is 2.16 bits per heavy atom. The molecule has 1 aromatic heterocycles. The molecule has 2 aromatic rings. The Labute approximate surface area is 111 Å². The molecule has 1 aromatic carbocycles. The topological polar surface area (TPSA) is 53.1 Å². The summed E-state index contributed by atoms with van der Waals surface area (Å²) in [7, 11) is 1.77. The smallest absolute Gasteiger partial charge is 0.387 e. The van der Waals surface area contributed by atoms with Crippen molar-refractivity contribution in [2.24, 2.45) is 7.05 Å². The molecule has 19 heavy (non-hydrogen) atoms. The summed E-state index contributed by atoms with van der Waals surface area (Å²) < 4.78 is 43.5. The number of anilines is 1. The zero-order valence-corrected chi connectivity index (χ0v) is 10.6. The lowest BCUT2D eigenvalue weighted by Crippen LogP contribution is -2.05. The summed E-state index contributed by atoms with van der Waals surface area (Å²) in [6.45, 7) is -3.09. The molecule has 0 spiro atoms. The average molecular weight is 289 g/mol. The lowest BCUT2D eigenvalue weighted by Gasteiger charge is -2.10. The first-order valence-electron chi connectivity index (χ1n) is 5.16. The monoisotopic (exact) mass is 289 g/mol. The van der Waals surface area contributed by atoms with Crippen LogP contribution in [0.15, 0.2) is 34.6 Å². The van der Waals surface area contributed by atoms with Crippen molar-refractivity contribution in [2.45, 2.75) is 16.7 Å². The van der Waals surface area contributed by atoms with Crippen LogP contribution in [0.25, 0.3) is 0 Å². The van der Waals surface area contributed by atoms with Crippen LogP contribution in [0, 0.1) is 5.82 Å². The number of halogens is 3. The summed E-state index contributed by atoms with van der Waals surface area (Å²) in [6, 6.07) is 2.08. The molecule has 1 heterocycles.